The van der Waals surface area contributed by atoms with E-state index in [1.807, 2.05) is 46.0 Å². The summed E-state index contributed by atoms with van der Waals surface area (Å²) in [4.78, 5) is 21.3. The highest BCUT2D eigenvalue weighted by Gasteiger charge is 2.25. The van der Waals surface area contributed by atoms with Crippen molar-refractivity contribution >= 4 is 11.5 Å². The van der Waals surface area contributed by atoms with E-state index in [2.05, 4.69) is 20.5 Å². The molecule has 0 aliphatic rings. The second-order valence-corrected chi connectivity index (χ2v) is 7.76. The van der Waals surface area contributed by atoms with Crippen molar-refractivity contribution in [3.63, 3.8) is 0 Å². The van der Waals surface area contributed by atoms with Crippen molar-refractivity contribution < 1.29 is 5.11 Å². The molecule has 1 unspecified atom stereocenters. The molecule has 0 aliphatic heterocycles. The highest BCUT2D eigenvalue weighted by molar-refractivity contribution is 5.63. The molecule has 0 amide bonds. The molecule has 1 atom stereocenters. The van der Waals surface area contributed by atoms with Gasteiger partial charge in [0.15, 0.2) is 5.82 Å². The summed E-state index contributed by atoms with van der Waals surface area (Å²) in [5, 5.41) is 20.7. The number of hydrogen-bond donors (Lipinski definition) is 3. The standard InChI is InChI=1S/C20H28N6O2/c1-12(2)10-15(27)17-16(13(3)4)23-18(19-24-25-20(28)26(17)19)22-9-7-14-6-5-8-21-11-14/h5-6,8,11-13,15,27H,7,9-10H2,1-4H3,(H,22,23)(H,25,28). The molecule has 0 fully saturated rings. The number of rotatable bonds is 8. The van der Waals surface area contributed by atoms with Gasteiger partial charge in [-0.05, 0) is 36.3 Å². The highest BCUT2D eigenvalue weighted by atomic mass is 16.3. The number of pyridine rings is 1. The minimum Gasteiger partial charge on any atom is -0.387 e. The Morgan fingerprint density at radius 3 is 2.71 bits per heavy atom. The zero-order chi connectivity index (χ0) is 20.3. The summed E-state index contributed by atoms with van der Waals surface area (Å²) in [7, 11) is 0. The van der Waals surface area contributed by atoms with Gasteiger partial charge in [-0.3, -0.25) is 4.98 Å². The van der Waals surface area contributed by atoms with Crippen molar-refractivity contribution in [2.45, 2.75) is 52.6 Å². The summed E-state index contributed by atoms with van der Waals surface area (Å²) in [5.41, 5.74) is 2.37. The molecule has 3 N–H and O–H groups in total. The zero-order valence-corrected chi connectivity index (χ0v) is 16.8. The van der Waals surface area contributed by atoms with E-state index in [9.17, 15) is 9.90 Å². The maximum atomic E-state index is 12.5. The van der Waals surface area contributed by atoms with E-state index < -0.39 is 6.10 Å². The van der Waals surface area contributed by atoms with Gasteiger partial charge in [0.2, 0.25) is 5.65 Å². The quantitative estimate of drug-likeness (QED) is 0.551. The van der Waals surface area contributed by atoms with Crippen molar-refractivity contribution in [3.8, 4) is 0 Å². The van der Waals surface area contributed by atoms with Crippen LogP contribution in [0.5, 0.6) is 0 Å². The Morgan fingerprint density at radius 2 is 2.07 bits per heavy atom. The summed E-state index contributed by atoms with van der Waals surface area (Å²) >= 11 is 0. The topological polar surface area (TPSA) is 108 Å². The molecule has 3 heterocycles. The molecular weight excluding hydrogens is 356 g/mol. The number of aromatic nitrogens is 5. The van der Waals surface area contributed by atoms with Gasteiger partial charge in [-0.2, -0.15) is 0 Å². The molecule has 0 saturated carbocycles. The van der Waals surface area contributed by atoms with Crippen LogP contribution in [-0.4, -0.2) is 36.2 Å². The van der Waals surface area contributed by atoms with Crippen LogP contribution in [0.3, 0.4) is 0 Å². The predicted octanol–water partition coefficient (Wildman–Crippen LogP) is 2.67. The zero-order valence-electron chi connectivity index (χ0n) is 16.8. The third kappa shape index (κ3) is 4.22. The largest absolute Gasteiger partial charge is 0.387 e. The normalized spacial score (nSPS) is 12.8. The van der Waals surface area contributed by atoms with Crippen molar-refractivity contribution in [2.24, 2.45) is 5.92 Å². The molecule has 8 nitrogen and oxygen atoms in total. The second-order valence-electron chi connectivity index (χ2n) is 7.76. The number of nitrogens with zero attached hydrogens (tertiary/aromatic N) is 4. The van der Waals surface area contributed by atoms with E-state index in [1.54, 1.807) is 6.20 Å². The van der Waals surface area contributed by atoms with E-state index in [0.29, 0.717) is 35.8 Å². The number of aromatic amines is 1. The minimum atomic E-state index is -0.785. The third-order valence-corrected chi connectivity index (χ3v) is 4.61. The average molecular weight is 384 g/mol. The Bertz CT molecular complexity index is 978. The fourth-order valence-electron chi connectivity index (χ4n) is 3.31. The van der Waals surface area contributed by atoms with E-state index in [1.165, 1.54) is 4.40 Å². The van der Waals surface area contributed by atoms with Gasteiger partial charge in [0.05, 0.1) is 17.5 Å². The predicted molar refractivity (Wildman–Crippen MR) is 109 cm³/mol. The molecule has 0 saturated heterocycles. The monoisotopic (exact) mass is 384 g/mol. The minimum absolute atomic E-state index is 0.0434. The van der Waals surface area contributed by atoms with E-state index in [-0.39, 0.29) is 17.5 Å². The summed E-state index contributed by atoms with van der Waals surface area (Å²) in [5.74, 6) is 0.860. The van der Waals surface area contributed by atoms with Crippen LogP contribution in [0, 0.1) is 5.92 Å². The van der Waals surface area contributed by atoms with Crippen LogP contribution in [0.25, 0.3) is 5.65 Å². The SMILES string of the molecule is CC(C)CC(O)c1c(C(C)C)nc(NCCc2cccnc2)c2n[nH]c(=O)n12. The lowest BCUT2D eigenvalue weighted by molar-refractivity contribution is 0.143. The van der Waals surface area contributed by atoms with Crippen LogP contribution < -0.4 is 11.0 Å². The fraction of sp³-hybridized carbons (Fsp3) is 0.500. The number of aliphatic hydroxyl groups is 1. The van der Waals surface area contributed by atoms with Crippen LogP contribution >= 0.6 is 0 Å². The van der Waals surface area contributed by atoms with Crippen molar-refractivity contribution in [3.05, 3.63) is 52.0 Å². The first-order valence-electron chi connectivity index (χ1n) is 9.70. The molecule has 0 aliphatic carbocycles. The molecule has 3 rings (SSSR count). The van der Waals surface area contributed by atoms with Crippen LogP contribution in [0.1, 0.15) is 63.1 Å². The van der Waals surface area contributed by atoms with Gasteiger partial charge in [0.25, 0.3) is 0 Å². The first kappa shape index (κ1) is 20.0. The lowest BCUT2D eigenvalue weighted by Gasteiger charge is -2.21. The van der Waals surface area contributed by atoms with Gasteiger partial charge in [-0.1, -0.05) is 33.8 Å². The lowest BCUT2D eigenvalue weighted by Crippen LogP contribution is -2.22. The third-order valence-electron chi connectivity index (χ3n) is 4.61. The molecule has 28 heavy (non-hydrogen) atoms. The molecule has 3 aromatic heterocycles. The molecule has 8 heteroatoms. The van der Waals surface area contributed by atoms with Gasteiger partial charge in [-0.25, -0.2) is 19.3 Å². The van der Waals surface area contributed by atoms with Crippen LogP contribution in [0.4, 0.5) is 5.82 Å². The number of hydrogen-bond acceptors (Lipinski definition) is 6. The fourth-order valence-corrected chi connectivity index (χ4v) is 3.31. The summed E-state index contributed by atoms with van der Waals surface area (Å²) in [6, 6.07) is 3.92. The number of fused-ring (bicyclic) bond motifs is 1. The lowest BCUT2D eigenvalue weighted by atomic mass is 9.98. The van der Waals surface area contributed by atoms with Crippen molar-refractivity contribution in [1.82, 2.24) is 24.6 Å². The molecule has 0 spiro atoms. The van der Waals surface area contributed by atoms with Crippen molar-refractivity contribution in [2.75, 3.05) is 11.9 Å². The van der Waals surface area contributed by atoms with Crippen molar-refractivity contribution in [1.29, 1.82) is 0 Å². The van der Waals surface area contributed by atoms with Gasteiger partial charge < -0.3 is 10.4 Å². The van der Waals surface area contributed by atoms with Gasteiger partial charge in [0, 0.05) is 18.9 Å². The Labute approximate surface area is 164 Å². The maximum Gasteiger partial charge on any atom is 0.348 e. The number of H-pyrrole nitrogens is 1. The van der Waals surface area contributed by atoms with Crippen LogP contribution in [0.15, 0.2) is 29.3 Å². The Morgan fingerprint density at radius 1 is 1.29 bits per heavy atom. The van der Waals surface area contributed by atoms with Gasteiger partial charge in [-0.15, -0.1) is 5.10 Å². The molecule has 150 valence electrons. The molecular formula is C20H28N6O2. The number of anilines is 1. The Kier molecular flexibility index (Phi) is 6.08. The van der Waals surface area contributed by atoms with Crippen LogP contribution in [-0.2, 0) is 6.42 Å². The van der Waals surface area contributed by atoms with Gasteiger partial charge in [0.1, 0.15) is 0 Å². The first-order chi connectivity index (χ1) is 13.4. The summed E-state index contributed by atoms with van der Waals surface area (Å²) in [6.07, 6.45) is 4.10. The van der Waals surface area contributed by atoms with E-state index >= 15 is 0 Å². The molecule has 0 bridgehead atoms. The molecule has 0 aromatic carbocycles. The first-order valence-corrected chi connectivity index (χ1v) is 9.70. The van der Waals surface area contributed by atoms with Crippen LogP contribution in [0.2, 0.25) is 0 Å². The second kappa shape index (κ2) is 8.52. The molecule has 0 radical (unpaired) electrons. The Balaban J connectivity index is 1.99. The summed E-state index contributed by atoms with van der Waals surface area (Å²) < 4.78 is 1.46. The molecule has 3 aromatic rings. The average Bonchev–Trinajstić information content (AvgIpc) is 3.03. The summed E-state index contributed by atoms with van der Waals surface area (Å²) in [6.45, 7) is 8.71. The Hall–Kier alpha value is -2.74. The van der Waals surface area contributed by atoms with Gasteiger partial charge >= 0.3 is 5.69 Å². The number of aliphatic hydroxyl groups excluding tert-OH is 1. The number of nitrogens with one attached hydrogen (secondary N) is 2. The highest BCUT2D eigenvalue weighted by Crippen LogP contribution is 2.29. The maximum absolute atomic E-state index is 12.5. The smallest absolute Gasteiger partial charge is 0.348 e. The van der Waals surface area contributed by atoms with E-state index in [0.717, 1.165) is 12.0 Å². The van der Waals surface area contributed by atoms with E-state index in [4.69, 9.17) is 4.98 Å².